The molecule has 6 heteroatoms. The Labute approximate surface area is 103 Å². The van der Waals surface area contributed by atoms with Gasteiger partial charge in [-0.2, -0.15) is 11.8 Å². The van der Waals surface area contributed by atoms with Crippen LogP contribution in [0.2, 0.25) is 0 Å². The molecule has 15 heavy (non-hydrogen) atoms. The van der Waals surface area contributed by atoms with Gasteiger partial charge in [0, 0.05) is 11.3 Å². The average Bonchev–Trinajstić information content (AvgIpc) is 2.65. The van der Waals surface area contributed by atoms with E-state index in [-0.39, 0.29) is 0 Å². The first-order valence-electron chi connectivity index (χ1n) is 5.13. The van der Waals surface area contributed by atoms with Gasteiger partial charge in [-0.25, -0.2) is 0 Å². The van der Waals surface area contributed by atoms with Gasteiger partial charge >= 0.3 is 0 Å². The van der Waals surface area contributed by atoms with Crippen molar-refractivity contribution < 1.29 is 0 Å². The molecule has 2 rings (SSSR count). The summed E-state index contributed by atoms with van der Waals surface area (Å²) in [6.07, 6.45) is 7.33. The van der Waals surface area contributed by atoms with Gasteiger partial charge in [0.15, 0.2) is 3.95 Å². The molecule has 0 amide bonds. The highest BCUT2D eigenvalue weighted by molar-refractivity contribution is 7.99. The average molecular weight is 261 g/mol. The van der Waals surface area contributed by atoms with E-state index in [1.807, 2.05) is 11.8 Å². The highest BCUT2D eigenvalue weighted by atomic mass is 32.2. The topological polar surface area (TPSA) is 40.7 Å². The van der Waals surface area contributed by atoms with E-state index in [9.17, 15) is 0 Å². The summed E-state index contributed by atoms with van der Waals surface area (Å²) in [5.74, 6) is 0. The summed E-state index contributed by atoms with van der Waals surface area (Å²) < 4.78 is 0.746. The van der Waals surface area contributed by atoms with Crippen molar-refractivity contribution in [1.82, 2.24) is 10.2 Å². The molecule has 0 saturated heterocycles. The number of H-pyrrole nitrogens is 1. The van der Waals surface area contributed by atoms with E-state index in [1.54, 1.807) is 0 Å². The second-order valence-corrected chi connectivity index (χ2v) is 6.58. The SMILES string of the molecule is CSC1CCC(Nc2n[nH]c(=S)s2)CC1. The molecule has 1 aromatic heterocycles. The summed E-state index contributed by atoms with van der Waals surface area (Å²) in [5.41, 5.74) is 0. The van der Waals surface area contributed by atoms with Crippen LogP contribution in [0.3, 0.4) is 0 Å². The third kappa shape index (κ3) is 3.19. The number of hydrogen-bond donors (Lipinski definition) is 2. The predicted octanol–water partition coefficient (Wildman–Crippen LogP) is 3.29. The van der Waals surface area contributed by atoms with Gasteiger partial charge in [-0.15, -0.1) is 5.10 Å². The Balaban J connectivity index is 1.84. The number of aromatic amines is 1. The van der Waals surface area contributed by atoms with Crippen LogP contribution in [0.15, 0.2) is 0 Å². The van der Waals surface area contributed by atoms with Crippen LogP contribution in [-0.4, -0.2) is 27.7 Å². The molecule has 0 spiro atoms. The normalized spacial score (nSPS) is 26.5. The van der Waals surface area contributed by atoms with Gasteiger partial charge in [-0.1, -0.05) is 11.3 Å². The molecule has 0 atom stereocenters. The summed E-state index contributed by atoms with van der Waals surface area (Å²) in [4.78, 5) is 0. The Morgan fingerprint density at radius 1 is 1.47 bits per heavy atom. The number of aromatic nitrogens is 2. The van der Waals surface area contributed by atoms with Crippen molar-refractivity contribution >= 4 is 40.4 Å². The highest BCUT2D eigenvalue weighted by Gasteiger charge is 2.20. The quantitative estimate of drug-likeness (QED) is 0.819. The number of nitrogens with zero attached hydrogens (tertiary/aromatic N) is 1. The molecule has 2 N–H and O–H groups in total. The summed E-state index contributed by atoms with van der Waals surface area (Å²) in [5, 5.41) is 12.2. The molecule has 0 bridgehead atoms. The lowest BCUT2D eigenvalue weighted by molar-refractivity contribution is 0.473. The standard InChI is InChI=1S/C9H15N3S3/c1-14-7-4-2-6(3-5-7)10-8-11-12-9(13)15-8/h6-7H,2-5H2,1H3,(H,10,11)(H,12,13). The molecular formula is C9H15N3S3. The molecule has 0 aromatic carbocycles. The molecule has 1 aliphatic rings. The minimum atomic E-state index is 0.586. The Morgan fingerprint density at radius 2 is 2.20 bits per heavy atom. The molecule has 3 nitrogen and oxygen atoms in total. The number of rotatable bonds is 3. The molecule has 0 aliphatic heterocycles. The molecule has 84 valence electrons. The van der Waals surface area contributed by atoms with Gasteiger partial charge in [-0.3, -0.25) is 5.10 Å². The van der Waals surface area contributed by atoms with E-state index in [1.165, 1.54) is 37.0 Å². The third-order valence-electron chi connectivity index (χ3n) is 2.77. The molecule has 1 aromatic rings. The maximum atomic E-state index is 5.00. The van der Waals surface area contributed by atoms with Gasteiger partial charge in [-0.05, 0) is 44.2 Å². The van der Waals surface area contributed by atoms with E-state index < -0.39 is 0 Å². The summed E-state index contributed by atoms with van der Waals surface area (Å²) >= 11 is 8.51. The Morgan fingerprint density at radius 3 is 2.73 bits per heavy atom. The molecular weight excluding hydrogens is 246 g/mol. The molecule has 1 aliphatic carbocycles. The van der Waals surface area contributed by atoms with Gasteiger partial charge in [0.05, 0.1) is 0 Å². The first-order chi connectivity index (χ1) is 7.28. The Kier molecular flexibility index (Phi) is 4.05. The van der Waals surface area contributed by atoms with Crippen molar-refractivity contribution in [3.63, 3.8) is 0 Å². The first-order valence-corrected chi connectivity index (χ1v) is 7.64. The van der Waals surface area contributed by atoms with Crippen LogP contribution in [-0.2, 0) is 0 Å². The van der Waals surface area contributed by atoms with Crippen molar-refractivity contribution in [2.75, 3.05) is 11.6 Å². The third-order valence-corrected chi connectivity index (χ3v) is 4.93. The second-order valence-electron chi connectivity index (χ2n) is 3.77. The summed E-state index contributed by atoms with van der Waals surface area (Å²) in [6, 6.07) is 0.586. The van der Waals surface area contributed by atoms with Gasteiger partial charge < -0.3 is 5.32 Å². The van der Waals surface area contributed by atoms with E-state index in [4.69, 9.17) is 12.2 Å². The monoisotopic (exact) mass is 261 g/mol. The van der Waals surface area contributed by atoms with Crippen LogP contribution in [0.1, 0.15) is 25.7 Å². The number of hydrogen-bond acceptors (Lipinski definition) is 5. The zero-order valence-electron chi connectivity index (χ0n) is 8.66. The summed E-state index contributed by atoms with van der Waals surface area (Å²) in [6.45, 7) is 0. The van der Waals surface area contributed by atoms with Crippen LogP contribution < -0.4 is 5.32 Å². The van der Waals surface area contributed by atoms with Gasteiger partial charge in [0.1, 0.15) is 0 Å². The molecule has 1 heterocycles. The van der Waals surface area contributed by atoms with Gasteiger partial charge in [0.2, 0.25) is 5.13 Å². The molecule has 0 radical (unpaired) electrons. The number of anilines is 1. The molecule has 1 fully saturated rings. The van der Waals surface area contributed by atoms with Crippen molar-refractivity contribution in [3.8, 4) is 0 Å². The van der Waals surface area contributed by atoms with Crippen molar-refractivity contribution in [2.24, 2.45) is 0 Å². The fraction of sp³-hybridized carbons (Fsp3) is 0.778. The summed E-state index contributed by atoms with van der Waals surface area (Å²) in [7, 11) is 0. The predicted molar refractivity (Wildman–Crippen MR) is 70.5 cm³/mol. The zero-order valence-corrected chi connectivity index (χ0v) is 11.1. The molecule has 0 unspecified atom stereocenters. The Bertz CT molecular complexity index is 351. The van der Waals surface area contributed by atoms with E-state index >= 15 is 0 Å². The minimum absolute atomic E-state index is 0.586. The van der Waals surface area contributed by atoms with E-state index in [0.717, 1.165) is 14.3 Å². The fourth-order valence-corrected chi connectivity index (χ4v) is 3.52. The van der Waals surface area contributed by atoms with Crippen LogP contribution in [0.5, 0.6) is 0 Å². The Hall–Kier alpha value is -0.0700. The lowest BCUT2D eigenvalue weighted by Gasteiger charge is -2.27. The lowest BCUT2D eigenvalue weighted by atomic mass is 9.95. The van der Waals surface area contributed by atoms with Crippen LogP contribution >= 0.6 is 35.3 Å². The van der Waals surface area contributed by atoms with Crippen LogP contribution in [0, 0.1) is 3.95 Å². The van der Waals surface area contributed by atoms with Crippen molar-refractivity contribution in [3.05, 3.63) is 3.95 Å². The molecule has 1 saturated carbocycles. The zero-order chi connectivity index (χ0) is 10.7. The van der Waals surface area contributed by atoms with Crippen LogP contribution in [0.4, 0.5) is 5.13 Å². The first kappa shape index (κ1) is 11.4. The van der Waals surface area contributed by atoms with E-state index in [2.05, 4.69) is 21.8 Å². The smallest absolute Gasteiger partial charge is 0.204 e. The maximum Gasteiger partial charge on any atom is 0.204 e. The fourth-order valence-electron chi connectivity index (χ4n) is 1.91. The minimum Gasteiger partial charge on any atom is -0.357 e. The van der Waals surface area contributed by atoms with Crippen molar-refractivity contribution in [1.29, 1.82) is 0 Å². The maximum absolute atomic E-state index is 5.00. The lowest BCUT2D eigenvalue weighted by Crippen LogP contribution is -2.26. The second kappa shape index (κ2) is 5.32. The number of nitrogens with one attached hydrogen (secondary N) is 2. The van der Waals surface area contributed by atoms with E-state index in [0.29, 0.717) is 6.04 Å². The largest absolute Gasteiger partial charge is 0.357 e. The highest BCUT2D eigenvalue weighted by Crippen LogP contribution is 2.28. The number of thioether (sulfide) groups is 1. The van der Waals surface area contributed by atoms with Gasteiger partial charge in [0.25, 0.3) is 0 Å². The van der Waals surface area contributed by atoms with Crippen LogP contribution in [0.25, 0.3) is 0 Å². The van der Waals surface area contributed by atoms with Crippen molar-refractivity contribution in [2.45, 2.75) is 37.0 Å².